The molecule has 2 fully saturated rings. The number of rotatable bonds is 4. The number of benzene rings is 2. The number of cyclic esters (lactones) is 1. The lowest BCUT2D eigenvalue weighted by Gasteiger charge is -2.46. The zero-order chi connectivity index (χ0) is 23.8. The van der Waals surface area contributed by atoms with Crippen molar-refractivity contribution in [2.24, 2.45) is 0 Å². The zero-order valence-electron chi connectivity index (χ0n) is 18.8. The van der Waals surface area contributed by atoms with Gasteiger partial charge in [-0.05, 0) is 29.8 Å². The molecule has 2 aromatic rings. The van der Waals surface area contributed by atoms with Gasteiger partial charge in [0.1, 0.15) is 24.2 Å². The Balaban J connectivity index is 1.21. The molecule has 3 heterocycles. The van der Waals surface area contributed by atoms with Gasteiger partial charge in [-0.2, -0.15) is 5.26 Å². The molecule has 3 aliphatic heterocycles. The molecule has 2 aromatic carbocycles. The van der Waals surface area contributed by atoms with E-state index in [-0.39, 0.29) is 47.3 Å². The van der Waals surface area contributed by atoms with Crippen LogP contribution in [0.4, 0.5) is 4.39 Å². The highest BCUT2D eigenvalue weighted by Gasteiger charge is 2.36. The average Bonchev–Trinajstić information content (AvgIpc) is 3.24. The summed E-state index contributed by atoms with van der Waals surface area (Å²) in [5, 5.41) is 9.10. The van der Waals surface area contributed by atoms with E-state index in [1.54, 1.807) is 11.0 Å². The molecule has 0 aliphatic carbocycles. The van der Waals surface area contributed by atoms with Crippen LogP contribution in [0.2, 0.25) is 0 Å². The maximum atomic E-state index is 14.4. The van der Waals surface area contributed by atoms with E-state index >= 15 is 0 Å². The van der Waals surface area contributed by atoms with Gasteiger partial charge in [-0.15, -0.1) is 0 Å². The number of carbonyl (C=O) groups excluding carboxylic acids is 2. The number of morpholine rings is 1. The molecule has 0 radical (unpaired) electrons. The monoisotopic (exact) mass is 465 g/mol. The summed E-state index contributed by atoms with van der Waals surface area (Å²) < 4.78 is 30.8. The number of hydrogen-bond donors (Lipinski definition) is 0. The summed E-state index contributed by atoms with van der Waals surface area (Å²) in [6.07, 6.45) is -0.209. The molecule has 1 amide bonds. The van der Waals surface area contributed by atoms with E-state index in [4.69, 9.17) is 19.5 Å². The van der Waals surface area contributed by atoms with E-state index in [0.29, 0.717) is 45.0 Å². The van der Waals surface area contributed by atoms with Crippen molar-refractivity contribution in [2.45, 2.75) is 25.2 Å². The molecule has 0 aromatic heterocycles. The second-order valence-electron chi connectivity index (χ2n) is 8.74. The number of carbonyl (C=O) groups is 2. The number of hydrogen-bond acceptors (Lipinski definition) is 7. The Bertz CT molecular complexity index is 1190. The molecule has 0 saturated carbocycles. The Morgan fingerprint density at radius 3 is 2.91 bits per heavy atom. The minimum atomic E-state index is -0.588. The van der Waals surface area contributed by atoms with Gasteiger partial charge in [-0.25, -0.2) is 9.18 Å². The van der Waals surface area contributed by atoms with Crippen molar-refractivity contribution in [1.29, 1.82) is 5.26 Å². The highest BCUT2D eigenvalue weighted by molar-refractivity contribution is 5.93. The van der Waals surface area contributed by atoms with Crippen LogP contribution >= 0.6 is 0 Å². The number of nitriles is 1. The van der Waals surface area contributed by atoms with Gasteiger partial charge in [0.2, 0.25) is 5.91 Å². The largest absolute Gasteiger partial charge is 0.495 e. The van der Waals surface area contributed by atoms with E-state index in [2.05, 4.69) is 4.90 Å². The van der Waals surface area contributed by atoms with Crippen molar-refractivity contribution in [3.63, 3.8) is 0 Å². The maximum Gasteiger partial charge on any atom is 0.338 e. The van der Waals surface area contributed by atoms with Crippen LogP contribution < -0.4 is 4.74 Å². The molecule has 0 spiro atoms. The molecule has 2 atom stereocenters. The quantitative estimate of drug-likeness (QED) is 0.640. The van der Waals surface area contributed by atoms with Crippen LogP contribution in [0.5, 0.6) is 5.75 Å². The third-order valence-corrected chi connectivity index (χ3v) is 6.76. The average molecular weight is 465 g/mol. The second-order valence-corrected chi connectivity index (χ2v) is 8.74. The van der Waals surface area contributed by atoms with Crippen LogP contribution in [0.1, 0.15) is 38.7 Å². The highest BCUT2D eigenvalue weighted by atomic mass is 19.1. The van der Waals surface area contributed by atoms with E-state index in [9.17, 15) is 14.0 Å². The molecule has 8 nitrogen and oxygen atoms in total. The van der Waals surface area contributed by atoms with Crippen LogP contribution in [0, 0.1) is 17.1 Å². The summed E-state index contributed by atoms with van der Waals surface area (Å²) in [7, 11) is 1.41. The molecule has 3 aliphatic rings. The lowest BCUT2D eigenvalue weighted by atomic mass is 9.99. The Kier molecular flexibility index (Phi) is 5.94. The SMILES string of the molecule is COc1cc(CC(=O)N2CCN3C[C@H](c4ccc5c(c4)COC5=O)OC[C@@H]3C2)c(F)cc1C#N. The summed E-state index contributed by atoms with van der Waals surface area (Å²) >= 11 is 0. The first-order valence-corrected chi connectivity index (χ1v) is 11.2. The zero-order valence-corrected chi connectivity index (χ0v) is 18.8. The van der Waals surface area contributed by atoms with Gasteiger partial charge in [-0.3, -0.25) is 9.69 Å². The van der Waals surface area contributed by atoms with Crippen molar-refractivity contribution >= 4 is 11.9 Å². The summed E-state index contributed by atoms with van der Waals surface area (Å²) in [5.41, 5.74) is 2.82. The third kappa shape index (κ3) is 4.11. The topological polar surface area (TPSA) is 92.1 Å². The van der Waals surface area contributed by atoms with Gasteiger partial charge in [-0.1, -0.05) is 6.07 Å². The van der Waals surface area contributed by atoms with Gasteiger partial charge in [0.25, 0.3) is 0 Å². The number of nitrogens with zero attached hydrogens (tertiary/aromatic N) is 3. The summed E-state index contributed by atoms with van der Waals surface area (Å²) in [5.74, 6) is -0.789. The van der Waals surface area contributed by atoms with Crippen LogP contribution in [-0.2, 0) is 27.3 Å². The maximum absolute atomic E-state index is 14.4. The first kappa shape index (κ1) is 22.3. The minimum Gasteiger partial charge on any atom is -0.495 e. The van der Waals surface area contributed by atoms with E-state index in [0.717, 1.165) is 17.2 Å². The standard InChI is InChI=1S/C25H24FN3O5/c1-32-22-8-16(21(26)7-17(22)10-27)9-24(30)29-5-4-28-12-23(33-14-19(28)11-29)15-2-3-20-18(6-15)13-34-25(20)31/h2-3,6-8,19,23H,4-5,9,11-14H2,1H3/t19-,23+/m0/s1. The Hall–Kier alpha value is -3.48. The second kappa shape index (κ2) is 9.05. The van der Waals surface area contributed by atoms with Gasteiger partial charge in [0.15, 0.2) is 0 Å². The fourth-order valence-corrected chi connectivity index (χ4v) is 4.83. The summed E-state index contributed by atoms with van der Waals surface area (Å²) in [6.45, 7) is 3.21. The number of halogens is 1. The first-order chi connectivity index (χ1) is 16.5. The summed E-state index contributed by atoms with van der Waals surface area (Å²) in [4.78, 5) is 28.7. The predicted octanol–water partition coefficient (Wildman–Crippen LogP) is 2.20. The normalized spacial score (nSPS) is 21.9. The lowest BCUT2D eigenvalue weighted by molar-refractivity contribution is -0.139. The minimum absolute atomic E-state index is 0.0636. The highest BCUT2D eigenvalue weighted by Crippen LogP contribution is 2.30. The van der Waals surface area contributed by atoms with Gasteiger partial charge >= 0.3 is 5.97 Å². The number of methoxy groups -OCH3 is 1. The number of piperazine rings is 1. The van der Waals surface area contributed by atoms with E-state index in [1.165, 1.54) is 13.2 Å². The molecular weight excluding hydrogens is 441 g/mol. The number of esters is 1. The van der Waals surface area contributed by atoms with Crippen molar-refractivity contribution in [3.8, 4) is 11.8 Å². The molecule has 0 unspecified atom stereocenters. The van der Waals surface area contributed by atoms with Crippen LogP contribution in [-0.4, -0.2) is 67.6 Å². The number of fused-ring (bicyclic) bond motifs is 2. The molecular formula is C25H24FN3O5. The van der Waals surface area contributed by atoms with Crippen molar-refractivity contribution < 1.29 is 28.2 Å². The van der Waals surface area contributed by atoms with Crippen LogP contribution in [0.15, 0.2) is 30.3 Å². The Morgan fingerprint density at radius 2 is 2.12 bits per heavy atom. The van der Waals surface area contributed by atoms with Gasteiger partial charge in [0.05, 0.1) is 43.4 Å². The van der Waals surface area contributed by atoms with Gasteiger partial charge < -0.3 is 19.1 Å². The van der Waals surface area contributed by atoms with Crippen molar-refractivity contribution in [3.05, 3.63) is 64.0 Å². The van der Waals surface area contributed by atoms with Gasteiger partial charge in [0, 0.05) is 37.3 Å². The van der Waals surface area contributed by atoms with Crippen LogP contribution in [0.25, 0.3) is 0 Å². The Morgan fingerprint density at radius 1 is 1.26 bits per heavy atom. The fraction of sp³-hybridized carbons (Fsp3) is 0.400. The molecule has 5 rings (SSSR count). The number of ether oxygens (including phenoxy) is 3. The lowest BCUT2D eigenvalue weighted by Crippen LogP contribution is -2.59. The molecule has 2 saturated heterocycles. The predicted molar refractivity (Wildman–Crippen MR) is 118 cm³/mol. The van der Waals surface area contributed by atoms with Crippen molar-refractivity contribution in [2.75, 3.05) is 39.9 Å². The third-order valence-electron chi connectivity index (χ3n) is 6.76. The molecule has 176 valence electrons. The molecule has 9 heteroatoms. The van der Waals surface area contributed by atoms with Crippen molar-refractivity contribution in [1.82, 2.24) is 9.80 Å². The Labute approximate surface area is 196 Å². The molecule has 0 bridgehead atoms. The summed E-state index contributed by atoms with van der Waals surface area (Å²) in [6, 6.07) is 10.2. The van der Waals surface area contributed by atoms with Crippen LogP contribution in [0.3, 0.4) is 0 Å². The first-order valence-electron chi connectivity index (χ1n) is 11.2. The smallest absolute Gasteiger partial charge is 0.338 e. The fourth-order valence-electron chi connectivity index (χ4n) is 4.83. The molecule has 0 N–H and O–H groups in total. The van der Waals surface area contributed by atoms with E-state index in [1.807, 2.05) is 18.2 Å². The molecule has 34 heavy (non-hydrogen) atoms. The number of amides is 1. The van der Waals surface area contributed by atoms with E-state index < -0.39 is 5.82 Å².